The van der Waals surface area contributed by atoms with Gasteiger partial charge in [0.1, 0.15) is 0 Å². The normalized spacial score (nSPS) is 18.5. The Morgan fingerprint density at radius 2 is 1.76 bits per heavy atom. The maximum atomic E-state index is 11.9. The summed E-state index contributed by atoms with van der Waals surface area (Å²) < 4.78 is 0. The minimum Gasteiger partial charge on any atom is -0.340 e. The Labute approximate surface area is 105 Å². The van der Waals surface area contributed by atoms with Crippen LogP contribution >= 0.6 is 0 Å². The fraction of sp³-hybridized carbons (Fsp3) is 0.923. The Kier molecular flexibility index (Phi) is 5.40. The molecule has 1 fully saturated rings. The van der Waals surface area contributed by atoms with E-state index in [4.69, 9.17) is 0 Å². The van der Waals surface area contributed by atoms with Gasteiger partial charge in [0.25, 0.3) is 0 Å². The quantitative estimate of drug-likeness (QED) is 0.744. The lowest BCUT2D eigenvalue weighted by atomic mass is 10.0. The molecule has 4 nitrogen and oxygen atoms in total. The van der Waals surface area contributed by atoms with Gasteiger partial charge in [0.2, 0.25) is 5.91 Å². The first kappa shape index (κ1) is 14.5. The van der Waals surface area contributed by atoms with E-state index in [2.05, 4.69) is 31.0 Å². The summed E-state index contributed by atoms with van der Waals surface area (Å²) in [6, 6.07) is 0. The van der Waals surface area contributed by atoms with Gasteiger partial charge in [-0.05, 0) is 40.8 Å². The molecule has 1 saturated heterocycles. The SMILES string of the molecule is CNCCCC(=O)N1CCN(C(C)(C)C)CC1. The van der Waals surface area contributed by atoms with Crippen molar-refractivity contribution in [3.05, 3.63) is 0 Å². The highest BCUT2D eigenvalue weighted by molar-refractivity contribution is 5.76. The van der Waals surface area contributed by atoms with Crippen LogP contribution in [0.2, 0.25) is 0 Å². The first-order valence-corrected chi connectivity index (χ1v) is 6.62. The predicted octanol–water partition coefficient (Wildman–Crippen LogP) is 0.929. The molecule has 0 spiro atoms. The van der Waals surface area contributed by atoms with E-state index in [1.54, 1.807) is 0 Å². The van der Waals surface area contributed by atoms with Gasteiger partial charge in [-0.25, -0.2) is 0 Å². The van der Waals surface area contributed by atoms with Gasteiger partial charge in [0.05, 0.1) is 0 Å². The van der Waals surface area contributed by atoms with Gasteiger partial charge in [-0.1, -0.05) is 0 Å². The predicted molar refractivity (Wildman–Crippen MR) is 71.1 cm³/mol. The molecular weight excluding hydrogens is 214 g/mol. The van der Waals surface area contributed by atoms with Crippen molar-refractivity contribution in [2.45, 2.75) is 39.2 Å². The average molecular weight is 241 g/mol. The number of hydrogen-bond donors (Lipinski definition) is 1. The second-order valence-electron chi connectivity index (χ2n) is 5.75. The molecule has 0 unspecified atom stereocenters. The lowest BCUT2D eigenvalue weighted by Gasteiger charge is -2.42. The summed E-state index contributed by atoms with van der Waals surface area (Å²) in [4.78, 5) is 16.4. The summed E-state index contributed by atoms with van der Waals surface area (Å²) in [5, 5.41) is 3.07. The maximum absolute atomic E-state index is 11.9. The molecular formula is C13H27N3O. The van der Waals surface area contributed by atoms with Gasteiger partial charge in [-0.3, -0.25) is 9.69 Å². The molecule has 100 valence electrons. The van der Waals surface area contributed by atoms with E-state index in [0.29, 0.717) is 12.3 Å². The molecule has 0 saturated carbocycles. The molecule has 1 rings (SSSR count). The van der Waals surface area contributed by atoms with E-state index in [1.165, 1.54) is 0 Å². The molecule has 1 aliphatic rings. The Hall–Kier alpha value is -0.610. The molecule has 17 heavy (non-hydrogen) atoms. The summed E-state index contributed by atoms with van der Waals surface area (Å²) in [6.07, 6.45) is 1.62. The molecule has 1 N–H and O–H groups in total. The summed E-state index contributed by atoms with van der Waals surface area (Å²) >= 11 is 0. The van der Waals surface area contributed by atoms with Crippen LogP contribution in [0, 0.1) is 0 Å². The third-order valence-corrected chi connectivity index (χ3v) is 3.40. The number of rotatable bonds is 4. The Morgan fingerprint density at radius 3 is 2.24 bits per heavy atom. The molecule has 0 atom stereocenters. The molecule has 0 radical (unpaired) electrons. The van der Waals surface area contributed by atoms with Crippen molar-refractivity contribution in [3.8, 4) is 0 Å². The molecule has 0 aromatic heterocycles. The smallest absolute Gasteiger partial charge is 0.222 e. The van der Waals surface area contributed by atoms with E-state index in [0.717, 1.165) is 39.1 Å². The van der Waals surface area contributed by atoms with Crippen molar-refractivity contribution < 1.29 is 4.79 Å². The number of carbonyl (C=O) groups is 1. The van der Waals surface area contributed by atoms with E-state index in [9.17, 15) is 4.79 Å². The number of nitrogens with zero attached hydrogens (tertiary/aromatic N) is 2. The molecule has 0 aliphatic carbocycles. The van der Waals surface area contributed by atoms with E-state index >= 15 is 0 Å². The van der Waals surface area contributed by atoms with Crippen LogP contribution in [-0.4, -0.2) is 61.0 Å². The van der Waals surface area contributed by atoms with Gasteiger partial charge < -0.3 is 10.2 Å². The van der Waals surface area contributed by atoms with E-state index in [-0.39, 0.29) is 5.54 Å². The number of hydrogen-bond acceptors (Lipinski definition) is 3. The zero-order valence-electron chi connectivity index (χ0n) is 11.8. The Bertz CT molecular complexity index is 240. The van der Waals surface area contributed by atoms with Crippen LogP contribution in [0.25, 0.3) is 0 Å². The van der Waals surface area contributed by atoms with Crippen LogP contribution < -0.4 is 5.32 Å². The van der Waals surface area contributed by atoms with Gasteiger partial charge in [0.15, 0.2) is 0 Å². The van der Waals surface area contributed by atoms with Crippen molar-refractivity contribution in [1.29, 1.82) is 0 Å². The highest BCUT2D eigenvalue weighted by Crippen LogP contribution is 2.16. The van der Waals surface area contributed by atoms with Crippen molar-refractivity contribution in [2.75, 3.05) is 39.8 Å². The standard InChI is InChI=1S/C13H27N3O/c1-13(2,3)16-10-8-15(9-11-16)12(17)6-5-7-14-4/h14H,5-11H2,1-4H3. The fourth-order valence-electron chi connectivity index (χ4n) is 2.20. The Morgan fingerprint density at radius 1 is 1.18 bits per heavy atom. The first-order chi connectivity index (χ1) is 7.95. The topological polar surface area (TPSA) is 35.6 Å². The van der Waals surface area contributed by atoms with Crippen LogP contribution in [0.5, 0.6) is 0 Å². The molecule has 1 aliphatic heterocycles. The monoisotopic (exact) mass is 241 g/mol. The van der Waals surface area contributed by atoms with Crippen LogP contribution in [-0.2, 0) is 4.79 Å². The van der Waals surface area contributed by atoms with Crippen molar-refractivity contribution in [3.63, 3.8) is 0 Å². The molecule has 4 heteroatoms. The Balaban J connectivity index is 2.29. The van der Waals surface area contributed by atoms with Gasteiger partial charge in [-0.2, -0.15) is 0 Å². The number of amides is 1. The third-order valence-electron chi connectivity index (χ3n) is 3.40. The summed E-state index contributed by atoms with van der Waals surface area (Å²) in [5.41, 5.74) is 0.223. The molecule has 0 aromatic carbocycles. The minimum atomic E-state index is 0.223. The average Bonchev–Trinajstić information content (AvgIpc) is 2.28. The van der Waals surface area contributed by atoms with Gasteiger partial charge >= 0.3 is 0 Å². The van der Waals surface area contributed by atoms with Crippen LogP contribution in [0.1, 0.15) is 33.6 Å². The van der Waals surface area contributed by atoms with E-state index in [1.807, 2.05) is 11.9 Å². The van der Waals surface area contributed by atoms with Crippen LogP contribution in [0.15, 0.2) is 0 Å². The largest absolute Gasteiger partial charge is 0.340 e. The first-order valence-electron chi connectivity index (χ1n) is 6.62. The van der Waals surface area contributed by atoms with E-state index < -0.39 is 0 Å². The van der Waals surface area contributed by atoms with Crippen LogP contribution in [0.3, 0.4) is 0 Å². The second-order valence-corrected chi connectivity index (χ2v) is 5.75. The summed E-state index contributed by atoms with van der Waals surface area (Å²) in [6.45, 7) is 11.4. The number of piperazine rings is 1. The van der Waals surface area contributed by atoms with Crippen molar-refractivity contribution in [2.24, 2.45) is 0 Å². The molecule has 0 bridgehead atoms. The molecule has 1 heterocycles. The highest BCUT2D eigenvalue weighted by Gasteiger charge is 2.27. The second kappa shape index (κ2) is 6.36. The maximum Gasteiger partial charge on any atom is 0.222 e. The lowest BCUT2D eigenvalue weighted by molar-refractivity contribution is -0.133. The number of nitrogens with one attached hydrogen (secondary N) is 1. The molecule has 1 amide bonds. The van der Waals surface area contributed by atoms with Crippen molar-refractivity contribution >= 4 is 5.91 Å². The van der Waals surface area contributed by atoms with Gasteiger partial charge in [-0.15, -0.1) is 0 Å². The van der Waals surface area contributed by atoms with Crippen LogP contribution in [0.4, 0.5) is 0 Å². The van der Waals surface area contributed by atoms with Crippen molar-refractivity contribution in [1.82, 2.24) is 15.1 Å². The fourth-order valence-corrected chi connectivity index (χ4v) is 2.20. The third kappa shape index (κ3) is 4.64. The highest BCUT2D eigenvalue weighted by atomic mass is 16.2. The minimum absolute atomic E-state index is 0.223. The zero-order chi connectivity index (χ0) is 12.9. The molecule has 0 aromatic rings. The summed E-state index contributed by atoms with van der Waals surface area (Å²) in [5.74, 6) is 0.314. The lowest BCUT2D eigenvalue weighted by Crippen LogP contribution is -2.54. The number of carbonyl (C=O) groups excluding carboxylic acids is 1. The zero-order valence-corrected chi connectivity index (χ0v) is 11.8. The summed E-state index contributed by atoms with van der Waals surface area (Å²) in [7, 11) is 1.92. The van der Waals surface area contributed by atoms with Gasteiger partial charge in [0, 0.05) is 38.1 Å².